The topological polar surface area (TPSA) is 26.0 Å². The van der Waals surface area contributed by atoms with Gasteiger partial charge in [0.05, 0.1) is 10.5 Å². The second-order valence-corrected chi connectivity index (χ2v) is 5.22. The zero-order valence-corrected chi connectivity index (χ0v) is 11.8. The van der Waals surface area contributed by atoms with E-state index in [2.05, 4.69) is 15.9 Å². The van der Waals surface area contributed by atoms with E-state index in [4.69, 9.17) is 17.3 Å². The molecule has 0 aliphatic heterocycles. The van der Waals surface area contributed by atoms with E-state index in [1.54, 1.807) is 0 Å². The molecule has 1 unspecified atom stereocenters. The first kappa shape index (κ1) is 14.4. The van der Waals surface area contributed by atoms with Crippen molar-refractivity contribution in [1.82, 2.24) is 0 Å². The van der Waals surface area contributed by atoms with Crippen molar-refractivity contribution in [3.05, 3.63) is 68.4 Å². The van der Waals surface area contributed by atoms with Gasteiger partial charge >= 0.3 is 0 Å². The molecule has 2 rings (SSSR count). The first-order chi connectivity index (χ1) is 8.90. The first-order valence-electron chi connectivity index (χ1n) is 5.25. The van der Waals surface area contributed by atoms with Crippen LogP contribution in [0.15, 0.2) is 34.8 Å². The van der Waals surface area contributed by atoms with Gasteiger partial charge < -0.3 is 5.73 Å². The molecule has 0 bridgehead atoms. The fourth-order valence-electron chi connectivity index (χ4n) is 1.70. The molecule has 19 heavy (non-hydrogen) atoms. The Morgan fingerprint density at radius 1 is 0.947 bits per heavy atom. The van der Waals surface area contributed by atoms with Crippen LogP contribution in [0.1, 0.15) is 17.2 Å². The van der Waals surface area contributed by atoms with Crippen LogP contribution in [-0.4, -0.2) is 0 Å². The molecule has 1 nitrogen and oxygen atoms in total. The van der Waals surface area contributed by atoms with Crippen LogP contribution in [0.4, 0.5) is 13.2 Å². The Labute approximate surface area is 121 Å². The molecule has 6 heteroatoms. The summed E-state index contributed by atoms with van der Waals surface area (Å²) in [6.45, 7) is 0. The molecule has 0 spiro atoms. The van der Waals surface area contributed by atoms with Crippen LogP contribution in [-0.2, 0) is 0 Å². The average Bonchev–Trinajstić information content (AvgIpc) is 2.36. The number of rotatable bonds is 2. The first-order valence-corrected chi connectivity index (χ1v) is 6.42. The normalized spacial score (nSPS) is 12.5. The highest BCUT2D eigenvalue weighted by Crippen LogP contribution is 2.29. The minimum atomic E-state index is -1.14. The minimum absolute atomic E-state index is 0.00752. The average molecular weight is 351 g/mol. The van der Waals surface area contributed by atoms with Gasteiger partial charge in [-0.2, -0.15) is 0 Å². The maximum Gasteiger partial charge on any atom is 0.137 e. The zero-order chi connectivity index (χ0) is 14.2. The molecule has 0 fully saturated rings. The lowest BCUT2D eigenvalue weighted by Crippen LogP contribution is -2.15. The van der Waals surface area contributed by atoms with Crippen molar-refractivity contribution < 1.29 is 13.2 Å². The van der Waals surface area contributed by atoms with E-state index in [0.717, 1.165) is 18.2 Å². The third-order valence-corrected chi connectivity index (χ3v) is 3.51. The van der Waals surface area contributed by atoms with Crippen LogP contribution in [0.25, 0.3) is 0 Å². The Balaban J connectivity index is 2.52. The number of halogens is 5. The van der Waals surface area contributed by atoms with Crippen molar-refractivity contribution in [3.63, 3.8) is 0 Å². The molecule has 2 aromatic carbocycles. The van der Waals surface area contributed by atoms with Crippen molar-refractivity contribution in [2.75, 3.05) is 0 Å². The largest absolute Gasteiger partial charge is 0.320 e. The summed E-state index contributed by atoms with van der Waals surface area (Å²) >= 11 is 8.61. The lowest BCUT2D eigenvalue weighted by atomic mass is 9.98. The minimum Gasteiger partial charge on any atom is -0.320 e. The van der Waals surface area contributed by atoms with E-state index in [0.29, 0.717) is 0 Å². The quantitative estimate of drug-likeness (QED) is 0.789. The van der Waals surface area contributed by atoms with Gasteiger partial charge in [-0.25, -0.2) is 13.2 Å². The van der Waals surface area contributed by atoms with Crippen LogP contribution in [0.2, 0.25) is 5.02 Å². The summed E-state index contributed by atoms with van der Waals surface area (Å²) in [5.41, 5.74) is 5.66. The van der Waals surface area contributed by atoms with Gasteiger partial charge in [0.15, 0.2) is 0 Å². The molecule has 100 valence electrons. The number of hydrogen-bond donors (Lipinski definition) is 1. The lowest BCUT2D eigenvalue weighted by molar-refractivity contribution is 0.559. The van der Waals surface area contributed by atoms with Gasteiger partial charge in [-0.05, 0) is 46.3 Å². The van der Waals surface area contributed by atoms with Crippen molar-refractivity contribution in [2.45, 2.75) is 6.04 Å². The Kier molecular flexibility index (Phi) is 4.18. The predicted octanol–water partition coefficient (Wildman–Crippen LogP) is 4.57. The van der Waals surface area contributed by atoms with Crippen molar-refractivity contribution >= 4 is 27.5 Å². The fraction of sp³-hybridized carbons (Fsp3) is 0.0769. The second-order valence-electron chi connectivity index (χ2n) is 3.93. The van der Waals surface area contributed by atoms with Crippen molar-refractivity contribution in [2.24, 2.45) is 5.73 Å². The fourth-order valence-corrected chi connectivity index (χ4v) is 2.19. The van der Waals surface area contributed by atoms with E-state index in [1.165, 1.54) is 12.1 Å². The zero-order valence-electron chi connectivity index (χ0n) is 9.43. The number of benzene rings is 2. The number of nitrogens with two attached hydrogens (primary N) is 1. The molecule has 0 aliphatic carbocycles. The Morgan fingerprint density at radius 2 is 1.58 bits per heavy atom. The predicted molar refractivity (Wildman–Crippen MR) is 71.5 cm³/mol. The maximum absolute atomic E-state index is 13.8. The maximum atomic E-state index is 13.8. The van der Waals surface area contributed by atoms with Gasteiger partial charge in [0.2, 0.25) is 0 Å². The van der Waals surface area contributed by atoms with E-state index in [9.17, 15) is 13.2 Å². The lowest BCUT2D eigenvalue weighted by Gasteiger charge is -2.15. The summed E-state index contributed by atoms with van der Waals surface area (Å²) in [4.78, 5) is 0. The Morgan fingerprint density at radius 3 is 2.26 bits per heavy atom. The third kappa shape index (κ3) is 2.94. The second kappa shape index (κ2) is 5.53. The molecule has 0 heterocycles. The highest BCUT2D eigenvalue weighted by atomic mass is 79.9. The summed E-state index contributed by atoms with van der Waals surface area (Å²) in [7, 11) is 0. The van der Waals surface area contributed by atoms with Crippen molar-refractivity contribution in [1.29, 1.82) is 0 Å². The summed E-state index contributed by atoms with van der Waals surface area (Å²) < 4.78 is 40.8. The Bertz CT molecular complexity index is 634. The van der Waals surface area contributed by atoms with Gasteiger partial charge in [0.25, 0.3) is 0 Å². The Hall–Kier alpha value is -1.04. The molecular formula is C13H8BrClF3N. The SMILES string of the molecule is NC(c1cc(Cl)ccc1F)c1cc(F)c(Br)cc1F. The van der Waals surface area contributed by atoms with E-state index in [-0.39, 0.29) is 20.6 Å². The van der Waals surface area contributed by atoms with Gasteiger partial charge in [-0.15, -0.1) is 0 Å². The van der Waals surface area contributed by atoms with E-state index < -0.39 is 23.5 Å². The molecule has 0 saturated carbocycles. The van der Waals surface area contributed by atoms with E-state index in [1.807, 2.05) is 0 Å². The highest BCUT2D eigenvalue weighted by Gasteiger charge is 2.19. The van der Waals surface area contributed by atoms with E-state index >= 15 is 0 Å². The standard InChI is InChI=1S/C13H8BrClF3N/c14-9-5-11(17)8(4-12(9)18)13(19)7-3-6(15)1-2-10(7)16/h1-5,13H,19H2. The van der Waals surface area contributed by atoms with Crippen molar-refractivity contribution in [3.8, 4) is 0 Å². The van der Waals surface area contributed by atoms with Gasteiger partial charge in [0, 0.05) is 16.1 Å². The smallest absolute Gasteiger partial charge is 0.137 e. The molecule has 0 amide bonds. The molecule has 0 aliphatic rings. The monoisotopic (exact) mass is 349 g/mol. The van der Waals surface area contributed by atoms with Crippen LogP contribution in [0.3, 0.4) is 0 Å². The van der Waals surface area contributed by atoms with Crippen LogP contribution < -0.4 is 5.73 Å². The summed E-state index contributed by atoms with van der Waals surface area (Å²) in [5.74, 6) is -2.02. The summed E-state index contributed by atoms with van der Waals surface area (Å²) in [6, 6.07) is 4.52. The molecular weight excluding hydrogens is 343 g/mol. The molecule has 0 saturated heterocycles. The third-order valence-electron chi connectivity index (χ3n) is 2.67. The van der Waals surface area contributed by atoms with Gasteiger partial charge in [-0.3, -0.25) is 0 Å². The summed E-state index contributed by atoms with van der Waals surface area (Å²) in [6.07, 6.45) is 0. The van der Waals surface area contributed by atoms with Gasteiger partial charge in [0.1, 0.15) is 17.5 Å². The highest BCUT2D eigenvalue weighted by molar-refractivity contribution is 9.10. The molecule has 0 aromatic heterocycles. The van der Waals surface area contributed by atoms with Crippen LogP contribution in [0.5, 0.6) is 0 Å². The van der Waals surface area contributed by atoms with Crippen LogP contribution >= 0.6 is 27.5 Å². The number of hydrogen-bond acceptors (Lipinski definition) is 1. The molecule has 1 atom stereocenters. The molecule has 2 aromatic rings. The van der Waals surface area contributed by atoms with Gasteiger partial charge in [-0.1, -0.05) is 11.6 Å². The molecule has 0 radical (unpaired) electrons. The molecule has 2 N–H and O–H groups in total. The summed E-state index contributed by atoms with van der Waals surface area (Å²) in [5, 5.41) is 0.268. The van der Waals surface area contributed by atoms with Crippen LogP contribution in [0, 0.1) is 17.5 Å².